The van der Waals surface area contributed by atoms with Crippen molar-refractivity contribution in [1.82, 2.24) is 9.78 Å². The summed E-state index contributed by atoms with van der Waals surface area (Å²) in [6, 6.07) is 12.5. The van der Waals surface area contributed by atoms with E-state index in [-0.39, 0.29) is 11.4 Å². The van der Waals surface area contributed by atoms with Crippen LogP contribution in [-0.2, 0) is 0 Å². The van der Waals surface area contributed by atoms with Crippen LogP contribution >= 0.6 is 34.8 Å². The normalized spacial score (nSPS) is 10.6. The van der Waals surface area contributed by atoms with E-state index in [4.69, 9.17) is 40.5 Å². The lowest BCUT2D eigenvalue weighted by atomic mass is 10.1. The van der Waals surface area contributed by atoms with Crippen molar-refractivity contribution >= 4 is 40.6 Å². The summed E-state index contributed by atoms with van der Waals surface area (Å²) in [6.45, 7) is 1.91. The zero-order chi connectivity index (χ0) is 17.4. The summed E-state index contributed by atoms with van der Waals surface area (Å²) in [5, 5.41) is 15.5. The molecule has 0 saturated carbocycles. The third kappa shape index (κ3) is 2.83. The van der Waals surface area contributed by atoms with E-state index in [1.54, 1.807) is 30.3 Å². The van der Waals surface area contributed by atoms with Crippen molar-refractivity contribution in [2.45, 2.75) is 6.92 Å². The maximum atomic E-state index is 9.51. The van der Waals surface area contributed by atoms with Gasteiger partial charge in [-0.1, -0.05) is 40.9 Å². The van der Waals surface area contributed by atoms with Crippen molar-refractivity contribution in [3.63, 3.8) is 0 Å². The first-order valence-corrected chi connectivity index (χ1v) is 8.06. The van der Waals surface area contributed by atoms with Crippen LogP contribution in [0.4, 0.5) is 5.82 Å². The maximum Gasteiger partial charge on any atom is 0.145 e. The van der Waals surface area contributed by atoms with Crippen molar-refractivity contribution in [3.05, 3.63) is 62.6 Å². The molecule has 0 saturated heterocycles. The fourth-order valence-corrected chi connectivity index (χ4v) is 3.07. The Balaban J connectivity index is 2.27. The maximum absolute atomic E-state index is 9.51. The third-order valence-electron chi connectivity index (χ3n) is 3.62. The smallest absolute Gasteiger partial charge is 0.145 e. The molecule has 1 heterocycles. The van der Waals surface area contributed by atoms with Gasteiger partial charge in [-0.2, -0.15) is 10.4 Å². The molecule has 0 aliphatic carbocycles. The van der Waals surface area contributed by atoms with Gasteiger partial charge in [-0.05, 0) is 42.8 Å². The zero-order valence-electron chi connectivity index (χ0n) is 12.5. The molecule has 0 aliphatic heterocycles. The van der Waals surface area contributed by atoms with Crippen molar-refractivity contribution in [2.24, 2.45) is 0 Å². The number of benzene rings is 2. The van der Waals surface area contributed by atoms with Gasteiger partial charge in [0, 0.05) is 15.6 Å². The van der Waals surface area contributed by atoms with Gasteiger partial charge in [0.25, 0.3) is 0 Å². The topological polar surface area (TPSA) is 67.6 Å². The van der Waals surface area contributed by atoms with E-state index in [1.807, 2.05) is 13.0 Å². The van der Waals surface area contributed by atoms with Crippen LogP contribution in [0.2, 0.25) is 15.1 Å². The molecular weight excluding hydrogens is 367 g/mol. The second-order valence-electron chi connectivity index (χ2n) is 5.19. The second-order valence-corrected chi connectivity index (χ2v) is 6.47. The Labute approximate surface area is 154 Å². The molecule has 24 heavy (non-hydrogen) atoms. The first kappa shape index (κ1) is 16.7. The Morgan fingerprint density at radius 2 is 1.75 bits per heavy atom. The Morgan fingerprint density at radius 3 is 2.42 bits per heavy atom. The summed E-state index contributed by atoms with van der Waals surface area (Å²) in [4.78, 5) is 0. The molecule has 0 radical (unpaired) electrons. The number of hydrogen-bond acceptors (Lipinski definition) is 3. The SMILES string of the molecule is Cc1ccc(Cl)cc1-n1nc(-c2ccc(Cl)cc2Cl)c(C#N)c1N. The monoisotopic (exact) mass is 376 g/mol. The van der Waals surface area contributed by atoms with Crippen LogP contribution in [-0.4, -0.2) is 9.78 Å². The number of aromatic nitrogens is 2. The third-order valence-corrected chi connectivity index (χ3v) is 4.40. The quantitative estimate of drug-likeness (QED) is 0.662. The van der Waals surface area contributed by atoms with Crippen molar-refractivity contribution in [3.8, 4) is 23.0 Å². The van der Waals surface area contributed by atoms with Crippen LogP contribution in [0.3, 0.4) is 0 Å². The van der Waals surface area contributed by atoms with E-state index < -0.39 is 0 Å². The predicted octanol–water partition coefficient (Wildman–Crippen LogP) is 5.26. The lowest BCUT2D eigenvalue weighted by molar-refractivity contribution is 0.887. The molecule has 0 amide bonds. The summed E-state index contributed by atoms with van der Waals surface area (Å²) in [6.07, 6.45) is 0. The van der Waals surface area contributed by atoms with Gasteiger partial charge in [0.2, 0.25) is 0 Å². The minimum Gasteiger partial charge on any atom is -0.382 e. The highest BCUT2D eigenvalue weighted by atomic mass is 35.5. The highest BCUT2D eigenvalue weighted by molar-refractivity contribution is 6.36. The van der Waals surface area contributed by atoms with Crippen molar-refractivity contribution in [1.29, 1.82) is 5.26 Å². The van der Waals surface area contributed by atoms with Crippen LogP contribution in [0.5, 0.6) is 0 Å². The van der Waals surface area contributed by atoms with Gasteiger partial charge in [-0.3, -0.25) is 0 Å². The molecule has 0 unspecified atom stereocenters. The Bertz CT molecular complexity index is 986. The van der Waals surface area contributed by atoms with Crippen LogP contribution in [0.25, 0.3) is 16.9 Å². The van der Waals surface area contributed by atoms with Gasteiger partial charge in [-0.25, -0.2) is 4.68 Å². The number of nitrogen functional groups attached to an aromatic ring is 1. The van der Waals surface area contributed by atoms with Gasteiger partial charge < -0.3 is 5.73 Å². The number of nitriles is 1. The van der Waals surface area contributed by atoms with Gasteiger partial charge in [0.1, 0.15) is 23.1 Å². The molecule has 0 spiro atoms. The number of halogens is 3. The number of rotatable bonds is 2. The molecule has 1 aromatic heterocycles. The lowest BCUT2D eigenvalue weighted by Crippen LogP contribution is -2.04. The summed E-state index contributed by atoms with van der Waals surface area (Å²) in [5.74, 6) is 0.226. The Morgan fingerprint density at radius 1 is 1.08 bits per heavy atom. The van der Waals surface area contributed by atoms with Gasteiger partial charge >= 0.3 is 0 Å². The summed E-state index contributed by atoms with van der Waals surface area (Å²) < 4.78 is 1.50. The first-order valence-electron chi connectivity index (χ1n) is 6.93. The largest absolute Gasteiger partial charge is 0.382 e. The molecular formula is C17H11Cl3N4. The highest BCUT2D eigenvalue weighted by Crippen LogP contribution is 2.35. The number of aryl methyl sites for hydroxylation is 1. The molecule has 3 rings (SSSR count). The molecule has 120 valence electrons. The summed E-state index contributed by atoms with van der Waals surface area (Å²) in [7, 11) is 0. The van der Waals surface area contributed by atoms with Gasteiger partial charge in [0.05, 0.1) is 10.7 Å². The molecule has 2 N–H and O–H groups in total. The average Bonchev–Trinajstić information content (AvgIpc) is 2.86. The average molecular weight is 378 g/mol. The Hall–Kier alpha value is -2.19. The van der Waals surface area contributed by atoms with E-state index in [2.05, 4.69) is 11.2 Å². The molecule has 4 nitrogen and oxygen atoms in total. The fourth-order valence-electron chi connectivity index (χ4n) is 2.41. The fraction of sp³-hybridized carbons (Fsp3) is 0.0588. The van der Waals surface area contributed by atoms with Crippen LogP contribution in [0.1, 0.15) is 11.1 Å². The van der Waals surface area contributed by atoms with E-state index in [0.29, 0.717) is 32.0 Å². The standard InChI is InChI=1S/C17H11Cl3N4/c1-9-2-3-11(19)7-15(9)24-17(22)13(8-21)16(23-24)12-5-4-10(18)6-14(12)20/h2-7H,22H2,1H3. The molecule has 0 aliphatic rings. The number of anilines is 1. The summed E-state index contributed by atoms with van der Waals surface area (Å²) in [5.41, 5.74) is 9.01. The lowest BCUT2D eigenvalue weighted by Gasteiger charge is -2.08. The molecule has 7 heteroatoms. The molecule has 3 aromatic rings. The van der Waals surface area contributed by atoms with E-state index in [0.717, 1.165) is 5.56 Å². The number of hydrogen-bond donors (Lipinski definition) is 1. The highest BCUT2D eigenvalue weighted by Gasteiger charge is 2.21. The molecule has 0 atom stereocenters. The van der Waals surface area contributed by atoms with Crippen LogP contribution in [0.15, 0.2) is 36.4 Å². The first-order chi connectivity index (χ1) is 11.4. The molecule has 0 bridgehead atoms. The van der Waals surface area contributed by atoms with E-state index >= 15 is 0 Å². The number of nitrogens with two attached hydrogens (primary N) is 1. The van der Waals surface area contributed by atoms with Crippen LogP contribution < -0.4 is 5.73 Å². The second kappa shape index (κ2) is 6.37. The molecule has 0 fully saturated rings. The van der Waals surface area contributed by atoms with E-state index in [1.165, 1.54) is 4.68 Å². The van der Waals surface area contributed by atoms with Crippen molar-refractivity contribution < 1.29 is 0 Å². The van der Waals surface area contributed by atoms with Gasteiger partial charge in [-0.15, -0.1) is 0 Å². The zero-order valence-corrected chi connectivity index (χ0v) is 14.8. The van der Waals surface area contributed by atoms with Crippen LogP contribution in [0, 0.1) is 18.3 Å². The minimum absolute atomic E-state index is 0.226. The predicted molar refractivity (Wildman–Crippen MR) is 97.9 cm³/mol. The van der Waals surface area contributed by atoms with E-state index in [9.17, 15) is 5.26 Å². The Kier molecular flexibility index (Phi) is 4.42. The van der Waals surface area contributed by atoms with Gasteiger partial charge in [0.15, 0.2) is 0 Å². The number of nitrogens with zero attached hydrogens (tertiary/aromatic N) is 3. The molecule has 2 aromatic carbocycles. The minimum atomic E-state index is 0.226. The van der Waals surface area contributed by atoms with Crippen molar-refractivity contribution in [2.75, 3.05) is 5.73 Å². The summed E-state index contributed by atoms with van der Waals surface area (Å²) >= 11 is 18.3.